The first-order valence-corrected chi connectivity index (χ1v) is 7.63. The van der Waals surface area contributed by atoms with E-state index in [9.17, 15) is 0 Å². The highest BCUT2D eigenvalue weighted by atomic mass is 79.9. The van der Waals surface area contributed by atoms with Gasteiger partial charge in [-0.15, -0.1) is 0 Å². The van der Waals surface area contributed by atoms with Gasteiger partial charge in [-0.2, -0.15) is 0 Å². The predicted molar refractivity (Wildman–Crippen MR) is 91.3 cm³/mol. The molecule has 5 nitrogen and oxygen atoms in total. The molecule has 0 aliphatic heterocycles. The number of aryl methyl sites for hydroxylation is 1. The molecule has 0 unspecified atom stereocenters. The van der Waals surface area contributed by atoms with Crippen molar-refractivity contribution in [2.45, 2.75) is 26.9 Å². The minimum absolute atomic E-state index is 0.411. The van der Waals surface area contributed by atoms with Gasteiger partial charge in [0, 0.05) is 17.6 Å². The maximum absolute atomic E-state index is 5.83. The average molecular weight is 350 g/mol. The number of hydrogen-bond donors (Lipinski definition) is 2. The predicted octanol–water partition coefficient (Wildman–Crippen LogP) is 2.80. The van der Waals surface area contributed by atoms with Crippen LogP contribution < -0.4 is 11.1 Å². The van der Waals surface area contributed by atoms with Crippen LogP contribution >= 0.6 is 15.9 Å². The molecule has 0 amide bonds. The molecule has 0 aliphatic rings. The van der Waals surface area contributed by atoms with E-state index in [1.807, 2.05) is 19.1 Å². The standard InChI is InChI=1S/C15H20BrN5/c1-4-21-13-6-5-11(16)7-12(13)20-14(21)9-19-15(17)18-8-10(2)3/h5-7H,2,4,8-9H2,1,3H3,(H3,17,18,19). The van der Waals surface area contributed by atoms with Crippen LogP contribution in [0.15, 0.2) is 39.8 Å². The lowest BCUT2D eigenvalue weighted by atomic mass is 10.3. The molecular weight excluding hydrogens is 330 g/mol. The molecule has 0 radical (unpaired) electrons. The monoisotopic (exact) mass is 349 g/mol. The Kier molecular flexibility index (Phi) is 5.01. The largest absolute Gasteiger partial charge is 0.370 e. The maximum Gasteiger partial charge on any atom is 0.189 e. The summed E-state index contributed by atoms with van der Waals surface area (Å²) in [6, 6.07) is 6.09. The second-order valence-corrected chi connectivity index (χ2v) is 5.83. The third kappa shape index (κ3) is 3.85. The van der Waals surface area contributed by atoms with Crippen LogP contribution in [0.2, 0.25) is 0 Å². The highest BCUT2D eigenvalue weighted by Gasteiger charge is 2.09. The van der Waals surface area contributed by atoms with Crippen molar-refractivity contribution < 1.29 is 0 Å². The van der Waals surface area contributed by atoms with Crippen LogP contribution in [0.25, 0.3) is 11.0 Å². The Balaban J connectivity index is 2.21. The molecule has 0 spiro atoms. The van der Waals surface area contributed by atoms with Gasteiger partial charge in [0.25, 0.3) is 0 Å². The molecule has 1 heterocycles. The summed E-state index contributed by atoms with van der Waals surface area (Å²) in [5, 5.41) is 3.02. The van der Waals surface area contributed by atoms with Crippen LogP contribution in [0.3, 0.4) is 0 Å². The zero-order valence-corrected chi connectivity index (χ0v) is 13.9. The quantitative estimate of drug-likeness (QED) is 0.495. The van der Waals surface area contributed by atoms with Gasteiger partial charge < -0.3 is 15.6 Å². The van der Waals surface area contributed by atoms with Crippen molar-refractivity contribution in [3.8, 4) is 0 Å². The van der Waals surface area contributed by atoms with Crippen LogP contribution in [0, 0.1) is 0 Å². The molecule has 0 atom stereocenters. The second kappa shape index (κ2) is 6.76. The van der Waals surface area contributed by atoms with Gasteiger partial charge in [0.1, 0.15) is 12.4 Å². The Morgan fingerprint density at radius 1 is 1.52 bits per heavy atom. The molecule has 2 aromatic rings. The molecular formula is C15H20BrN5. The Morgan fingerprint density at radius 3 is 2.95 bits per heavy atom. The van der Waals surface area contributed by atoms with Crippen molar-refractivity contribution in [1.29, 1.82) is 0 Å². The minimum Gasteiger partial charge on any atom is -0.370 e. The van der Waals surface area contributed by atoms with Crippen LogP contribution in [0.4, 0.5) is 0 Å². The number of nitrogens with zero attached hydrogens (tertiary/aromatic N) is 3. The summed E-state index contributed by atoms with van der Waals surface area (Å²) in [4.78, 5) is 8.98. The Labute approximate surface area is 133 Å². The number of halogens is 1. The van der Waals surface area contributed by atoms with E-state index < -0.39 is 0 Å². The van der Waals surface area contributed by atoms with Crippen molar-refractivity contribution in [3.63, 3.8) is 0 Å². The van der Waals surface area contributed by atoms with Gasteiger partial charge >= 0.3 is 0 Å². The second-order valence-electron chi connectivity index (χ2n) is 4.92. The SMILES string of the molecule is C=C(C)CNC(N)=NCc1nc2cc(Br)ccc2n1CC. The molecule has 0 bridgehead atoms. The number of hydrogen-bond acceptors (Lipinski definition) is 2. The fourth-order valence-corrected chi connectivity index (χ4v) is 2.43. The fraction of sp³-hybridized carbons (Fsp3) is 0.333. The number of fused-ring (bicyclic) bond motifs is 1. The number of imidazole rings is 1. The van der Waals surface area contributed by atoms with Gasteiger partial charge in [0.05, 0.1) is 11.0 Å². The van der Waals surface area contributed by atoms with Gasteiger partial charge in [-0.05, 0) is 32.0 Å². The molecule has 0 fully saturated rings. The number of nitrogens with two attached hydrogens (primary N) is 1. The molecule has 2 rings (SSSR count). The van der Waals surface area contributed by atoms with Gasteiger partial charge in [-0.3, -0.25) is 0 Å². The molecule has 3 N–H and O–H groups in total. The third-order valence-electron chi connectivity index (χ3n) is 3.07. The number of guanidine groups is 1. The molecule has 6 heteroatoms. The average Bonchev–Trinajstić information content (AvgIpc) is 2.79. The topological polar surface area (TPSA) is 68.2 Å². The molecule has 0 saturated heterocycles. The van der Waals surface area contributed by atoms with Gasteiger partial charge in [-0.1, -0.05) is 28.1 Å². The van der Waals surface area contributed by atoms with E-state index in [4.69, 9.17) is 5.73 Å². The third-order valence-corrected chi connectivity index (χ3v) is 3.56. The summed E-state index contributed by atoms with van der Waals surface area (Å²) in [5.41, 5.74) is 8.92. The highest BCUT2D eigenvalue weighted by molar-refractivity contribution is 9.10. The smallest absolute Gasteiger partial charge is 0.189 e. The zero-order chi connectivity index (χ0) is 15.4. The number of benzene rings is 1. The Bertz CT molecular complexity index is 687. The van der Waals surface area contributed by atoms with Crippen LogP contribution in [0.1, 0.15) is 19.7 Å². The van der Waals surface area contributed by atoms with Gasteiger partial charge in [0.15, 0.2) is 5.96 Å². The summed E-state index contributed by atoms with van der Waals surface area (Å²) in [6.07, 6.45) is 0. The number of aromatic nitrogens is 2. The molecule has 0 saturated carbocycles. The fourth-order valence-electron chi connectivity index (χ4n) is 2.08. The molecule has 112 valence electrons. The Morgan fingerprint density at radius 2 is 2.29 bits per heavy atom. The van der Waals surface area contributed by atoms with E-state index in [0.717, 1.165) is 33.4 Å². The summed E-state index contributed by atoms with van der Waals surface area (Å²) in [5.74, 6) is 1.32. The first-order chi connectivity index (χ1) is 10.0. The van der Waals surface area contributed by atoms with E-state index in [2.05, 4.69) is 55.4 Å². The van der Waals surface area contributed by atoms with Gasteiger partial charge in [-0.25, -0.2) is 9.98 Å². The van der Waals surface area contributed by atoms with Crippen LogP contribution in [-0.2, 0) is 13.1 Å². The van der Waals surface area contributed by atoms with E-state index >= 15 is 0 Å². The summed E-state index contributed by atoms with van der Waals surface area (Å²) >= 11 is 3.47. The van der Waals surface area contributed by atoms with Crippen LogP contribution in [0.5, 0.6) is 0 Å². The zero-order valence-electron chi connectivity index (χ0n) is 12.4. The lowest BCUT2D eigenvalue weighted by molar-refractivity contribution is 0.716. The Hall–Kier alpha value is -1.82. The van der Waals surface area contributed by atoms with E-state index in [-0.39, 0.29) is 0 Å². The lowest BCUT2D eigenvalue weighted by Crippen LogP contribution is -2.32. The van der Waals surface area contributed by atoms with E-state index in [0.29, 0.717) is 19.0 Å². The number of rotatable bonds is 5. The van der Waals surface area contributed by atoms with Crippen molar-refractivity contribution in [1.82, 2.24) is 14.9 Å². The first kappa shape index (κ1) is 15.6. The summed E-state index contributed by atoms with van der Waals surface area (Å²) < 4.78 is 3.17. The van der Waals surface area contributed by atoms with Crippen LogP contribution in [-0.4, -0.2) is 22.1 Å². The maximum atomic E-state index is 5.83. The van der Waals surface area contributed by atoms with Crippen molar-refractivity contribution in [2.24, 2.45) is 10.7 Å². The molecule has 1 aromatic heterocycles. The van der Waals surface area contributed by atoms with E-state index in [1.54, 1.807) is 0 Å². The van der Waals surface area contributed by atoms with Gasteiger partial charge in [0.2, 0.25) is 0 Å². The van der Waals surface area contributed by atoms with Crippen molar-refractivity contribution in [2.75, 3.05) is 6.54 Å². The first-order valence-electron chi connectivity index (χ1n) is 6.84. The van der Waals surface area contributed by atoms with Crippen molar-refractivity contribution in [3.05, 3.63) is 40.6 Å². The van der Waals surface area contributed by atoms with E-state index in [1.165, 1.54) is 0 Å². The number of nitrogens with one attached hydrogen (secondary N) is 1. The molecule has 0 aliphatic carbocycles. The molecule has 1 aromatic carbocycles. The minimum atomic E-state index is 0.411. The lowest BCUT2D eigenvalue weighted by Gasteiger charge is -2.06. The normalized spacial score (nSPS) is 11.9. The molecule has 21 heavy (non-hydrogen) atoms. The number of aliphatic imine (C=N–C) groups is 1. The highest BCUT2D eigenvalue weighted by Crippen LogP contribution is 2.21. The summed E-state index contributed by atoms with van der Waals surface area (Å²) in [7, 11) is 0. The summed E-state index contributed by atoms with van der Waals surface area (Å²) in [6.45, 7) is 9.79. The van der Waals surface area contributed by atoms with Crippen molar-refractivity contribution >= 4 is 32.9 Å².